The van der Waals surface area contributed by atoms with Crippen LogP contribution in [0.4, 0.5) is 0 Å². The fraction of sp³-hybridized carbons (Fsp3) is 0.600. The first-order valence-corrected chi connectivity index (χ1v) is 5.06. The van der Waals surface area contributed by atoms with E-state index in [1.54, 1.807) is 6.07 Å². The molecule has 2 nitrogen and oxygen atoms in total. The van der Waals surface area contributed by atoms with Crippen LogP contribution in [-0.2, 0) is 0 Å². The van der Waals surface area contributed by atoms with Gasteiger partial charge in [-0.05, 0) is 36.4 Å². The van der Waals surface area contributed by atoms with Gasteiger partial charge in [-0.3, -0.25) is 0 Å². The molecule has 0 aromatic carbocycles. The fourth-order valence-corrected chi connectivity index (χ4v) is 1.74. The summed E-state index contributed by atoms with van der Waals surface area (Å²) < 4.78 is 4.91. The molecule has 1 aliphatic rings. The highest BCUT2D eigenvalue weighted by Crippen LogP contribution is 2.36. The van der Waals surface area contributed by atoms with Crippen molar-refractivity contribution in [3.63, 3.8) is 0 Å². The molecule has 1 aromatic heterocycles. The molecule has 72 valence electrons. The number of furan rings is 1. The molecule has 0 saturated heterocycles. The predicted octanol–water partition coefficient (Wildman–Crippen LogP) is 3.16. The van der Waals surface area contributed by atoms with Crippen LogP contribution in [0.25, 0.3) is 0 Å². The van der Waals surface area contributed by atoms with Gasteiger partial charge in [0.15, 0.2) is 5.22 Å². The minimum atomic E-state index is -0.452. The van der Waals surface area contributed by atoms with E-state index in [1.165, 1.54) is 19.1 Å². The molecule has 13 heavy (non-hydrogen) atoms. The molecule has 1 atom stereocenters. The molecule has 0 aliphatic heterocycles. The highest BCUT2D eigenvalue weighted by Gasteiger charge is 2.23. The van der Waals surface area contributed by atoms with Gasteiger partial charge >= 0.3 is 0 Å². The maximum Gasteiger partial charge on any atom is 0.198 e. The number of aliphatic hydroxyl groups excluding tert-OH is 1. The van der Waals surface area contributed by atoms with Crippen molar-refractivity contribution < 1.29 is 9.52 Å². The van der Waals surface area contributed by atoms with Crippen molar-refractivity contribution in [2.45, 2.75) is 31.8 Å². The summed E-state index contributed by atoms with van der Waals surface area (Å²) in [4.78, 5) is 0. The molecule has 0 radical (unpaired) electrons. The molecule has 0 spiro atoms. The Morgan fingerprint density at radius 3 is 2.92 bits per heavy atom. The van der Waals surface area contributed by atoms with Gasteiger partial charge in [-0.25, -0.2) is 0 Å². The van der Waals surface area contributed by atoms with Crippen LogP contribution in [0, 0.1) is 5.92 Å². The Hall–Kier alpha value is -0.470. The van der Waals surface area contributed by atoms with Crippen LogP contribution >= 0.6 is 11.6 Å². The van der Waals surface area contributed by atoms with Crippen LogP contribution in [0.3, 0.4) is 0 Å². The smallest absolute Gasteiger partial charge is 0.198 e. The lowest BCUT2D eigenvalue weighted by Gasteiger charge is -2.07. The minimum absolute atomic E-state index is 0.322. The lowest BCUT2D eigenvalue weighted by molar-refractivity contribution is 0.161. The van der Waals surface area contributed by atoms with Gasteiger partial charge in [0.2, 0.25) is 0 Å². The zero-order valence-corrected chi connectivity index (χ0v) is 8.13. The fourth-order valence-electron chi connectivity index (χ4n) is 1.50. The maximum absolute atomic E-state index is 9.72. The van der Waals surface area contributed by atoms with Crippen molar-refractivity contribution in [1.82, 2.24) is 0 Å². The van der Waals surface area contributed by atoms with E-state index in [0.717, 1.165) is 24.3 Å². The molecule has 3 heteroatoms. The average Bonchev–Trinajstić information content (AvgIpc) is 2.84. The largest absolute Gasteiger partial charge is 0.453 e. The summed E-state index contributed by atoms with van der Waals surface area (Å²) in [5.74, 6) is 0.848. The quantitative estimate of drug-likeness (QED) is 0.810. The second-order valence-corrected chi connectivity index (χ2v) is 4.03. The van der Waals surface area contributed by atoms with Gasteiger partial charge in [-0.15, -0.1) is 0 Å². The highest BCUT2D eigenvalue weighted by molar-refractivity contribution is 6.29. The summed E-state index contributed by atoms with van der Waals surface area (Å²) in [7, 11) is 0. The third kappa shape index (κ3) is 2.26. The first kappa shape index (κ1) is 9.10. The third-order valence-corrected chi connectivity index (χ3v) is 2.86. The van der Waals surface area contributed by atoms with Gasteiger partial charge < -0.3 is 9.52 Å². The zero-order chi connectivity index (χ0) is 9.26. The number of hydrogen-bond acceptors (Lipinski definition) is 2. The Labute approximate surface area is 82.5 Å². The number of hydrogen-bond donors (Lipinski definition) is 1. The van der Waals surface area contributed by atoms with Crippen molar-refractivity contribution >= 4 is 11.6 Å². The summed E-state index contributed by atoms with van der Waals surface area (Å²) >= 11 is 5.74. The van der Waals surface area contributed by atoms with Crippen molar-refractivity contribution in [2.75, 3.05) is 0 Å². The van der Waals surface area contributed by atoms with E-state index in [9.17, 15) is 5.11 Å². The van der Waals surface area contributed by atoms with Crippen molar-refractivity contribution in [1.29, 1.82) is 0 Å². The molecule has 1 heterocycles. The first-order valence-electron chi connectivity index (χ1n) is 4.68. The molecule has 1 fully saturated rings. The summed E-state index contributed by atoms with van der Waals surface area (Å²) in [6.45, 7) is 0. The lowest BCUT2D eigenvalue weighted by Crippen LogP contribution is -1.96. The number of rotatable bonds is 4. The van der Waals surface area contributed by atoms with Crippen LogP contribution in [0.2, 0.25) is 5.22 Å². The molecule has 1 aromatic rings. The van der Waals surface area contributed by atoms with E-state index in [2.05, 4.69) is 0 Å². The molecule has 0 bridgehead atoms. The second kappa shape index (κ2) is 3.72. The van der Waals surface area contributed by atoms with E-state index in [4.69, 9.17) is 16.0 Å². The summed E-state index contributed by atoms with van der Waals surface area (Å²) in [5.41, 5.74) is 0.724. The summed E-state index contributed by atoms with van der Waals surface area (Å²) in [5, 5.41) is 10.0. The number of aliphatic hydroxyl groups is 1. The van der Waals surface area contributed by atoms with Gasteiger partial charge in [0, 0.05) is 5.56 Å². The van der Waals surface area contributed by atoms with Gasteiger partial charge in [0.05, 0.1) is 12.4 Å². The second-order valence-electron chi connectivity index (χ2n) is 3.69. The first-order chi connectivity index (χ1) is 6.27. The monoisotopic (exact) mass is 200 g/mol. The van der Waals surface area contributed by atoms with Crippen LogP contribution in [0.15, 0.2) is 16.7 Å². The molecular formula is C10H13ClO2. The van der Waals surface area contributed by atoms with Crippen molar-refractivity contribution in [3.05, 3.63) is 23.1 Å². The Kier molecular flexibility index (Phi) is 2.61. The molecule has 1 N–H and O–H groups in total. The highest BCUT2D eigenvalue weighted by atomic mass is 35.5. The van der Waals surface area contributed by atoms with Gasteiger partial charge in [-0.2, -0.15) is 0 Å². The molecule has 0 amide bonds. The van der Waals surface area contributed by atoms with Crippen LogP contribution in [0.5, 0.6) is 0 Å². The minimum Gasteiger partial charge on any atom is -0.453 e. The molecule has 2 rings (SSSR count). The van der Waals surface area contributed by atoms with Gasteiger partial charge in [0.1, 0.15) is 0 Å². The van der Waals surface area contributed by atoms with E-state index in [-0.39, 0.29) is 0 Å². The van der Waals surface area contributed by atoms with E-state index >= 15 is 0 Å². The summed E-state index contributed by atoms with van der Waals surface area (Å²) in [6, 6.07) is 1.74. The number of halogens is 1. The Morgan fingerprint density at radius 1 is 1.62 bits per heavy atom. The molecule has 1 saturated carbocycles. The van der Waals surface area contributed by atoms with Gasteiger partial charge in [0.25, 0.3) is 0 Å². The van der Waals surface area contributed by atoms with Crippen molar-refractivity contribution in [2.24, 2.45) is 5.92 Å². The van der Waals surface area contributed by atoms with Crippen molar-refractivity contribution in [3.8, 4) is 0 Å². The van der Waals surface area contributed by atoms with Gasteiger partial charge in [-0.1, -0.05) is 12.8 Å². The third-order valence-electron chi connectivity index (χ3n) is 2.55. The maximum atomic E-state index is 9.72. The molecule has 1 aliphatic carbocycles. The predicted molar refractivity (Wildman–Crippen MR) is 50.6 cm³/mol. The average molecular weight is 201 g/mol. The van der Waals surface area contributed by atoms with E-state index < -0.39 is 6.10 Å². The summed E-state index contributed by atoms with van der Waals surface area (Å²) in [6.07, 6.45) is 5.61. The Balaban J connectivity index is 1.88. The van der Waals surface area contributed by atoms with Crippen LogP contribution in [0.1, 0.15) is 37.4 Å². The Bertz CT molecular complexity index is 278. The normalized spacial score (nSPS) is 18.9. The van der Waals surface area contributed by atoms with E-state index in [1.807, 2.05) is 0 Å². The molecular weight excluding hydrogens is 188 g/mol. The van der Waals surface area contributed by atoms with Crippen LogP contribution < -0.4 is 0 Å². The SMILES string of the molecule is OC(CCC1CC1)c1ccoc1Cl. The molecule has 1 unspecified atom stereocenters. The Morgan fingerprint density at radius 2 is 2.38 bits per heavy atom. The topological polar surface area (TPSA) is 33.4 Å². The van der Waals surface area contributed by atoms with E-state index in [0.29, 0.717) is 5.22 Å². The zero-order valence-electron chi connectivity index (χ0n) is 7.37. The van der Waals surface area contributed by atoms with Crippen LogP contribution in [-0.4, -0.2) is 5.11 Å². The lowest BCUT2D eigenvalue weighted by atomic mass is 10.1. The standard InChI is InChI=1S/C10H13ClO2/c11-10-8(5-6-13-10)9(12)4-3-7-1-2-7/h5-7,9,12H,1-4H2.